The fraction of sp³-hybridized carbons (Fsp3) is 0.533. The molecule has 0 aromatic heterocycles. The zero-order chi connectivity index (χ0) is 25.4. The minimum atomic E-state index is -0.153. The summed E-state index contributed by atoms with van der Waals surface area (Å²) >= 11 is 0. The highest BCUT2D eigenvalue weighted by atomic mass is 16.1. The van der Waals surface area contributed by atoms with Gasteiger partial charge < -0.3 is 5.32 Å². The summed E-state index contributed by atoms with van der Waals surface area (Å²) in [5.41, 5.74) is 7.90. The van der Waals surface area contributed by atoms with Gasteiger partial charge in [0, 0.05) is 5.69 Å². The molecule has 0 spiro atoms. The Morgan fingerprint density at radius 3 is 1.82 bits per heavy atom. The highest BCUT2D eigenvalue weighted by molar-refractivity contribution is 6.42. The van der Waals surface area contributed by atoms with E-state index in [-0.39, 0.29) is 22.2 Å². The van der Waals surface area contributed by atoms with E-state index in [0.717, 1.165) is 40.0 Å². The molecule has 2 aromatic rings. The molecule has 0 unspecified atom stereocenters. The molecule has 0 fully saturated rings. The van der Waals surface area contributed by atoms with Crippen LogP contribution in [0.3, 0.4) is 0 Å². The molecule has 0 radical (unpaired) electrons. The van der Waals surface area contributed by atoms with Crippen LogP contribution in [0.15, 0.2) is 35.3 Å². The molecule has 2 aromatic carbocycles. The van der Waals surface area contributed by atoms with E-state index in [0.29, 0.717) is 5.71 Å². The minimum absolute atomic E-state index is 0.0152. The molecule has 0 aliphatic rings. The second-order valence-electron chi connectivity index (χ2n) is 12.3. The van der Waals surface area contributed by atoms with Gasteiger partial charge in [-0.2, -0.15) is 0 Å². The predicted molar refractivity (Wildman–Crippen MR) is 144 cm³/mol. The molecule has 3 heteroatoms. The lowest BCUT2D eigenvalue weighted by Crippen LogP contribution is -2.28. The average molecular weight is 449 g/mol. The first-order valence-electron chi connectivity index (χ1n) is 12.1. The van der Waals surface area contributed by atoms with E-state index in [9.17, 15) is 4.79 Å². The lowest BCUT2D eigenvalue weighted by atomic mass is 9.74. The second-order valence-corrected chi connectivity index (χ2v) is 12.3. The van der Waals surface area contributed by atoms with Crippen LogP contribution < -0.4 is 5.32 Å². The highest BCUT2D eigenvalue weighted by Crippen LogP contribution is 2.41. The Balaban J connectivity index is 2.66. The van der Waals surface area contributed by atoms with E-state index in [1.54, 1.807) is 6.92 Å². The van der Waals surface area contributed by atoms with Crippen LogP contribution in [0.1, 0.15) is 104 Å². The molecule has 0 aliphatic heterocycles. The smallest absolute Gasteiger partial charge is 0.269 e. The number of carbonyl (C=O) groups is 1. The highest BCUT2D eigenvalue weighted by Gasteiger charge is 2.30. The van der Waals surface area contributed by atoms with Gasteiger partial charge in [0.25, 0.3) is 5.91 Å². The van der Waals surface area contributed by atoms with Crippen LogP contribution in [-0.2, 0) is 27.5 Å². The minimum Gasteiger partial charge on any atom is -0.320 e. The van der Waals surface area contributed by atoms with Gasteiger partial charge in [0.15, 0.2) is 0 Å². The molecule has 3 nitrogen and oxygen atoms in total. The fourth-order valence-electron chi connectivity index (χ4n) is 3.98. The standard InChI is InChI=1S/C30H44N2O/c1-13-21-16-14-15-19(2)25(21)31-20(3)27(33)32-26-23(29(7,8)9)17-22(28(4,5)6)18-24(26)30(10,11)12/h14-18H,13H2,1-12H3,(H,32,33). The summed E-state index contributed by atoms with van der Waals surface area (Å²) in [5.74, 6) is -0.153. The Bertz CT molecular complexity index is 1020. The normalized spacial score (nSPS) is 13.3. The zero-order valence-electron chi connectivity index (χ0n) is 22.9. The summed E-state index contributed by atoms with van der Waals surface area (Å²) in [5, 5.41) is 3.28. The maximum Gasteiger partial charge on any atom is 0.269 e. The van der Waals surface area contributed by atoms with Crippen molar-refractivity contribution in [2.24, 2.45) is 4.99 Å². The van der Waals surface area contributed by atoms with Gasteiger partial charge in [0.05, 0.1) is 5.69 Å². The number of aryl methyl sites for hydroxylation is 2. The molecule has 33 heavy (non-hydrogen) atoms. The monoisotopic (exact) mass is 448 g/mol. The Hall–Kier alpha value is -2.42. The summed E-state index contributed by atoms with van der Waals surface area (Å²) in [6.07, 6.45) is 0.881. The van der Waals surface area contributed by atoms with Crippen molar-refractivity contribution in [1.29, 1.82) is 0 Å². The van der Waals surface area contributed by atoms with Gasteiger partial charge in [-0.05, 0) is 64.3 Å². The van der Waals surface area contributed by atoms with Crippen molar-refractivity contribution in [1.82, 2.24) is 0 Å². The number of hydrogen-bond acceptors (Lipinski definition) is 2. The van der Waals surface area contributed by atoms with E-state index >= 15 is 0 Å². The van der Waals surface area contributed by atoms with Crippen LogP contribution in [0.2, 0.25) is 0 Å². The first kappa shape index (κ1) is 26.8. The first-order chi connectivity index (χ1) is 15.0. The van der Waals surface area contributed by atoms with Crippen molar-refractivity contribution in [2.45, 2.75) is 106 Å². The molecular formula is C30H44N2O. The van der Waals surface area contributed by atoms with Crippen molar-refractivity contribution in [2.75, 3.05) is 5.32 Å². The maximum absolute atomic E-state index is 13.4. The van der Waals surface area contributed by atoms with Gasteiger partial charge >= 0.3 is 0 Å². The van der Waals surface area contributed by atoms with E-state index < -0.39 is 0 Å². The van der Waals surface area contributed by atoms with Gasteiger partial charge in [0.2, 0.25) is 0 Å². The third-order valence-corrected chi connectivity index (χ3v) is 6.17. The quantitative estimate of drug-likeness (QED) is 0.471. The van der Waals surface area contributed by atoms with Gasteiger partial charge in [-0.25, -0.2) is 4.99 Å². The van der Waals surface area contributed by atoms with Crippen LogP contribution in [0.5, 0.6) is 0 Å². The third kappa shape index (κ3) is 6.34. The number of nitrogens with one attached hydrogen (secondary N) is 1. The Morgan fingerprint density at radius 2 is 1.39 bits per heavy atom. The van der Waals surface area contributed by atoms with Crippen molar-refractivity contribution < 1.29 is 4.79 Å². The number of benzene rings is 2. The maximum atomic E-state index is 13.4. The van der Waals surface area contributed by atoms with E-state index in [4.69, 9.17) is 4.99 Å². The largest absolute Gasteiger partial charge is 0.320 e. The molecular weight excluding hydrogens is 404 g/mol. The Labute approximate surface area is 202 Å². The summed E-state index contributed by atoms with van der Waals surface area (Å²) in [6, 6.07) is 10.7. The van der Waals surface area contributed by atoms with Crippen LogP contribution in [0.4, 0.5) is 11.4 Å². The number of carbonyl (C=O) groups excluding carboxylic acids is 1. The zero-order valence-corrected chi connectivity index (χ0v) is 22.9. The summed E-state index contributed by atoms with van der Waals surface area (Å²) in [4.78, 5) is 18.2. The van der Waals surface area contributed by atoms with E-state index in [2.05, 4.69) is 92.8 Å². The van der Waals surface area contributed by atoms with Crippen molar-refractivity contribution in [3.63, 3.8) is 0 Å². The molecule has 0 saturated heterocycles. The van der Waals surface area contributed by atoms with Crippen molar-refractivity contribution in [3.05, 3.63) is 58.1 Å². The van der Waals surface area contributed by atoms with Crippen LogP contribution in [-0.4, -0.2) is 11.6 Å². The van der Waals surface area contributed by atoms with Crippen molar-refractivity contribution in [3.8, 4) is 0 Å². The summed E-state index contributed by atoms with van der Waals surface area (Å²) < 4.78 is 0. The molecule has 0 saturated carbocycles. The molecule has 2 rings (SSSR count). The molecule has 0 bridgehead atoms. The third-order valence-electron chi connectivity index (χ3n) is 6.17. The number of amides is 1. The molecule has 180 valence electrons. The summed E-state index contributed by atoms with van der Waals surface area (Å²) in [7, 11) is 0. The summed E-state index contributed by atoms with van der Waals surface area (Å²) in [6.45, 7) is 25.9. The van der Waals surface area contributed by atoms with Crippen molar-refractivity contribution >= 4 is 23.0 Å². The lowest BCUT2D eigenvalue weighted by molar-refractivity contribution is -0.110. The van der Waals surface area contributed by atoms with Gasteiger partial charge in [-0.3, -0.25) is 4.79 Å². The molecule has 1 amide bonds. The number of para-hydroxylation sites is 1. The predicted octanol–water partition coefficient (Wildman–Crippen LogP) is 8.18. The second kappa shape index (κ2) is 9.44. The van der Waals surface area contributed by atoms with Crippen LogP contribution >= 0.6 is 0 Å². The number of hydrogen-bond donors (Lipinski definition) is 1. The molecule has 0 aliphatic carbocycles. The molecule has 0 heterocycles. The number of anilines is 1. The topological polar surface area (TPSA) is 41.5 Å². The van der Waals surface area contributed by atoms with Crippen LogP contribution in [0, 0.1) is 6.92 Å². The average Bonchev–Trinajstić information content (AvgIpc) is 2.66. The fourth-order valence-corrected chi connectivity index (χ4v) is 3.98. The van der Waals surface area contributed by atoms with Gasteiger partial charge in [-0.1, -0.05) is 99.6 Å². The van der Waals surface area contributed by atoms with E-state index in [1.165, 1.54) is 5.56 Å². The lowest BCUT2D eigenvalue weighted by Gasteiger charge is -2.33. The van der Waals surface area contributed by atoms with Gasteiger partial charge in [0.1, 0.15) is 5.71 Å². The molecule has 0 atom stereocenters. The SMILES string of the molecule is CCc1cccc(C)c1N=C(C)C(=O)Nc1c(C(C)(C)C)cc(C(C)(C)C)cc1C(C)(C)C. The molecule has 1 N–H and O–H groups in total. The van der Waals surface area contributed by atoms with Crippen LogP contribution in [0.25, 0.3) is 0 Å². The van der Waals surface area contributed by atoms with E-state index in [1.807, 2.05) is 19.1 Å². The Kier molecular flexibility index (Phi) is 7.68. The first-order valence-corrected chi connectivity index (χ1v) is 12.1. The number of nitrogens with zero attached hydrogens (tertiary/aromatic N) is 1. The Morgan fingerprint density at radius 1 is 0.879 bits per heavy atom. The number of aliphatic imine (C=N–C) groups is 1. The van der Waals surface area contributed by atoms with Gasteiger partial charge in [-0.15, -0.1) is 0 Å². The number of rotatable bonds is 4.